The van der Waals surface area contributed by atoms with Gasteiger partial charge in [-0.15, -0.1) is 10.2 Å². The molecule has 0 aliphatic heterocycles. The molecule has 0 spiro atoms. The Morgan fingerprint density at radius 2 is 2.30 bits per heavy atom. The number of furan rings is 1. The van der Waals surface area contributed by atoms with Crippen molar-refractivity contribution < 1.29 is 14.0 Å². The summed E-state index contributed by atoms with van der Waals surface area (Å²) in [4.78, 5) is 24.2. The van der Waals surface area contributed by atoms with Crippen molar-refractivity contribution in [2.45, 2.75) is 36.9 Å². The molecule has 0 unspecified atom stereocenters. The molecule has 0 aromatic carbocycles. The molecule has 6 nitrogen and oxygen atoms in total. The second-order valence-electron chi connectivity index (χ2n) is 5.27. The summed E-state index contributed by atoms with van der Waals surface area (Å²) in [6.45, 7) is 2.48. The predicted octanol–water partition coefficient (Wildman–Crippen LogP) is 2.87. The molecule has 3 rings (SSSR count). The van der Waals surface area contributed by atoms with Crippen LogP contribution in [0.5, 0.6) is 0 Å². The molecular weight excluding hydrogens is 334 g/mol. The van der Waals surface area contributed by atoms with Crippen molar-refractivity contribution in [2.75, 3.05) is 12.3 Å². The first-order valence-corrected chi connectivity index (χ1v) is 9.30. The van der Waals surface area contributed by atoms with Crippen molar-refractivity contribution in [3.63, 3.8) is 0 Å². The number of carbonyl (C=O) groups is 2. The maximum absolute atomic E-state index is 12.2. The van der Waals surface area contributed by atoms with Crippen molar-refractivity contribution in [2.24, 2.45) is 0 Å². The van der Waals surface area contributed by atoms with Gasteiger partial charge in [0.2, 0.25) is 0 Å². The molecule has 0 fully saturated rings. The highest BCUT2D eigenvalue weighted by Crippen LogP contribution is 2.26. The van der Waals surface area contributed by atoms with E-state index in [-0.39, 0.29) is 11.7 Å². The first kappa shape index (κ1) is 16.2. The zero-order chi connectivity index (χ0) is 16.2. The molecule has 23 heavy (non-hydrogen) atoms. The maximum atomic E-state index is 12.2. The minimum absolute atomic E-state index is 0.00680. The van der Waals surface area contributed by atoms with Gasteiger partial charge >= 0.3 is 0 Å². The van der Waals surface area contributed by atoms with Crippen LogP contribution in [0.4, 0.5) is 0 Å². The molecule has 1 aliphatic rings. The topological polar surface area (TPSA) is 85.1 Å². The molecule has 0 atom stereocenters. The third kappa shape index (κ3) is 3.81. The Morgan fingerprint density at radius 3 is 3.09 bits per heavy atom. The SMILES string of the molecule is Cc1nnc(SCCCNC(=O)c2coc3c2C(=O)CCC3)s1. The average Bonchev–Trinajstić information content (AvgIpc) is 3.14. The molecule has 0 radical (unpaired) electrons. The average molecular weight is 351 g/mol. The number of ketones is 1. The summed E-state index contributed by atoms with van der Waals surface area (Å²) in [6.07, 6.45) is 4.24. The third-order valence-corrected chi connectivity index (χ3v) is 5.60. The minimum atomic E-state index is -0.234. The van der Waals surface area contributed by atoms with Crippen LogP contribution in [0.3, 0.4) is 0 Å². The lowest BCUT2D eigenvalue weighted by Crippen LogP contribution is -2.26. The van der Waals surface area contributed by atoms with Crippen LogP contribution in [0.2, 0.25) is 0 Å². The number of thioether (sulfide) groups is 1. The van der Waals surface area contributed by atoms with Gasteiger partial charge in [-0.2, -0.15) is 0 Å². The molecule has 2 aromatic rings. The van der Waals surface area contributed by atoms with Crippen molar-refractivity contribution in [3.8, 4) is 0 Å². The fourth-order valence-corrected chi connectivity index (χ4v) is 4.28. The number of nitrogens with one attached hydrogen (secondary N) is 1. The number of aromatic nitrogens is 2. The summed E-state index contributed by atoms with van der Waals surface area (Å²) in [5.41, 5.74) is 0.851. The molecular formula is C15H17N3O3S2. The first-order chi connectivity index (χ1) is 11.1. The minimum Gasteiger partial charge on any atom is -0.468 e. The number of fused-ring (bicyclic) bond motifs is 1. The van der Waals surface area contributed by atoms with Crippen molar-refractivity contribution in [1.82, 2.24) is 15.5 Å². The molecule has 2 heterocycles. The second-order valence-corrected chi connectivity index (χ2v) is 7.79. The standard InChI is InChI=1S/C15H17N3O3S2/c1-9-17-18-15(23-9)22-7-3-6-16-14(20)10-8-21-12-5-2-4-11(19)13(10)12/h8H,2-7H2,1H3,(H,16,20). The van der Waals surface area contributed by atoms with Gasteiger partial charge in [0.1, 0.15) is 17.0 Å². The number of hydrogen-bond acceptors (Lipinski definition) is 7. The van der Waals surface area contributed by atoms with Gasteiger partial charge in [0.25, 0.3) is 5.91 Å². The fourth-order valence-electron chi connectivity index (χ4n) is 2.45. The van der Waals surface area contributed by atoms with Gasteiger partial charge in [-0.1, -0.05) is 23.1 Å². The van der Waals surface area contributed by atoms with E-state index in [2.05, 4.69) is 15.5 Å². The third-order valence-electron chi connectivity index (χ3n) is 3.54. The summed E-state index contributed by atoms with van der Waals surface area (Å²) < 4.78 is 6.31. The number of nitrogens with zero attached hydrogens (tertiary/aromatic N) is 2. The normalized spacial score (nSPS) is 13.9. The first-order valence-electron chi connectivity index (χ1n) is 7.50. The van der Waals surface area contributed by atoms with Crippen LogP contribution < -0.4 is 5.32 Å². The highest BCUT2D eigenvalue weighted by molar-refractivity contribution is 8.01. The van der Waals surface area contributed by atoms with Gasteiger partial charge in [-0.3, -0.25) is 9.59 Å². The van der Waals surface area contributed by atoms with E-state index in [0.717, 1.165) is 34.4 Å². The van der Waals surface area contributed by atoms with Crippen LogP contribution in [0.25, 0.3) is 0 Å². The van der Waals surface area contributed by atoms with Crippen molar-refractivity contribution in [1.29, 1.82) is 0 Å². The Labute approximate surface area is 142 Å². The van der Waals surface area contributed by atoms with Crippen LogP contribution in [0.15, 0.2) is 15.0 Å². The summed E-state index contributed by atoms with van der Waals surface area (Å²) in [5.74, 6) is 1.28. The largest absolute Gasteiger partial charge is 0.468 e. The number of amides is 1. The van der Waals surface area contributed by atoms with Gasteiger partial charge in [0.05, 0.1) is 11.1 Å². The Bertz CT molecular complexity index is 723. The van der Waals surface area contributed by atoms with E-state index in [9.17, 15) is 9.59 Å². The van der Waals surface area contributed by atoms with E-state index in [1.165, 1.54) is 6.26 Å². The smallest absolute Gasteiger partial charge is 0.255 e. The number of rotatable bonds is 6. The summed E-state index contributed by atoms with van der Waals surface area (Å²) >= 11 is 3.20. The lowest BCUT2D eigenvalue weighted by Gasteiger charge is -2.10. The number of aryl methyl sites for hydroxylation is 2. The number of Topliss-reactive ketones (excluding diaryl/α,β-unsaturated/α-hetero) is 1. The highest BCUT2D eigenvalue weighted by atomic mass is 32.2. The van der Waals surface area contributed by atoms with Crippen LogP contribution in [-0.2, 0) is 6.42 Å². The molecule has 1 aliphatic carbocycles. The van der Waals surface area contributed by atoms with E-state index >= 15 is 0 Å². The van der Waals surface area contributed by atoms with E-state index in [4.69, 9.17) is 4.42 Å². The molecule has 1 N–H and O–H groups in total. The van der Waals surface area contributed by atoms with Gasteiger partial charge in [0.15, 0.2) is 10.1 Å². The van der Waals surface area contributed by atoms with Gasteiger partial charge in [-0.05, 0) is 19.8 Å². The monoisotopic (exact) mass is 351 g/mol. The fraction of sp³-hybridized carbons (Fsp3) is 0.467. The zero-order valence-corrected chi connectivity index (χ0v) is 14.4. The molecule has 8 heteroatoms. The van der Waals surface area contributed by atoms with Crippen LogP contribution in [0.1, 0.15) is 50.7 Å². The molecule has 2 aromatic heterocycles. The van der Waals surface area contributed by atoms with Gasteiger partial charge in [-0.25, -0.2) is 0 Å². The quantitative estimate of drug-likeness (QED) is 0.636. The van der Waals surface area contributed by atoms with Gasteiger partial charge < -0.3 is 9.73 Å². The highest BCUT2D eigenvalue weighted by Gasteiger charge is 2.27. The molecule has 122 valence electrons. The summed E-state index contributed by atoms with van der Waals surface area (Å²) in [5, 5.41) is 11.8. The van der Waals surface area contributed by atoms with Crippen LogP contribution in [0, 0.1) is 6.92 Å². The second kappa shape index (κ2) is 7.27. The van der Waals surface area contributed by atoms with Crippen molar-refractivity contribution in [3.05, 3.63) is 28.2 Å². The van der Waals surface area contributed by atoms with Gasteiger partial charge in [0, 0.05) is 25.1 Å². The lowest BCUT2D eigenvalue weighted by atomic mass is 9.94. The Balaban J connectivity index is 1.47. The van der Waals surface area contributed by atoms with Crippen LogP contribution in [-0.4, -0.2) is 34.2 Å². The van der Waals surface area contributed by atoms with Crippen molar-refractivity contribution >= 4 is 34.8 Å². The molecule has 0 bridgehead atoms. The van der Waals surface area contributed by atoms with E-state index < -0.39 is 0 Å². The van der Waals surface area contributed by atoms with E-state index in [0.29, 0.717) is 29.9 Å². The molecule has 1 amide bonds. The number of carbonyl (C=O) groups excluding carboxylic acids is 2. The zero-order valence-electron chi connectivity index (χ0n) is 12.8. The van der Waals surface area contributed by atoms with E-state index in [1.54, 1.807) is 23.1 Å². The van der Waals surface area contributed by atoms with E-state index in [1.807, 2.05) is 6.92 Å². The van der Waals surface area contributed by atoms with Crippen LogP contribution >= 0.6 is 23.1 Å². The predicted molar refractivity (Wildman–Crippen MR) is 88.3 cm³/mol. The number of hydrogen-bond donors (Lipinski definition) is 1. The Morgan fingerprint density at radius 1 is 1.43 bits per heavy atom. The molecule has 0 saturated heterocycles. The maximum Gasteiger partial charge on any atom is 0.255 e. The Kier molecular flexibility index (Phi) is 5.12. The lowest BCUT2D eigenvalue weighted by molar-refractivity contribution is 0.0928. The Hall–Kier alpha value is -1.67. The molecule has 0 saturated carbocycles. The summed E-state index contributed by atoms with van der Waals surface area (Å²) in [6, 6.07) is 0. The summed E-state index contributed by atoms with van der Waals surface area (Å²) in [7, 11) is 0.